The third kappa shape index (κ3) is 3.55. The number of benzene rings is 1. The van der Waals surface area contributed by atoms with E-state index in [1.165, 1.54) is 0 Å². The molecule has 3 N–H and O–H groups in total. The summed E-state index contributed by atoms with van der Waals surface area (Å²) in [5.74, 6) is -0.450. The summed E-state index contributed by atoms with van der Waals surface area (Å²) in [6, 6.07) is 5.32. The SMILES string of the molecule is NC(=O)c1ccc(N2CCCC2)c(NC(=O)[C@H]2CC=CCC2)c1. The first kappa shape index (κ1) is 15.6. The van der Waals surface area contributed by atoms with E-state index in [2.05, 4.69) is 22.4 Å². The van der Waals surface area contributed by atoms with Crippen molar-refractivity contribution in [3.63, 3.8) is 0 Å². The van der Waals surface area contributed by atoms with Gasteiger partial charge in [0, 0.05) is 24.6 Å². The van der Waals surface area contributed by atoms with Crippen molar-refractivity contribution in [3.8, 4) is 0 Å². The van der Waals surface area contributed by atoms with E-state index in [1.807, 2.05) is 6.07 Å². The van der Waals surface area contributed by atoms with Crippen LogP contribution in [0.5, 0.6) is 0 Å². The molecule has 0 bridgehead atoms. The number of allylic oxidation sites excluding steroid dienone is 2. The number of primary amides is 1. The molecule has 1 heterocycles. The van der Waals surface area contributed by atoms with E-state index in [1.54, 1.807) is 12.1 Å². The second-order valence-electron chi connectivity index (χ2n) is 6.26. The van der Waals surface area contributed by atoms with Gasteiger partial charge in [0.25, 0.3) is 0 Å². The third-order valence-corrected chi connectivity index (χ3v) is 4.63. The average molecular weight is 313 g/mol. The van der Waals surface area contributed by atoms with Crippen molar-refractivity contribution in [1.82, 2.24) is 0 Å². The Morgan fingerprint density at radius 2 is 1.96 bits per heavy atom. The summed E-state index contributed by atoms with van der Waals surface area (Å²) in [7, 11) is 0. The average Bonchev–Trinajstić information content (AvgIpc) is 3.09. The Bertz CT molecular complexity index is 633. The predicted octanol–water partition coefficient (Wildman–Crippen LogP) is 2.68. The Labute approximate surface area is 136 Å². The number of carbonyl (C=O) groups excluding carboxylic acids is 2. The Kier molecular flexibility index (Phi) is 4.65. The Morgan fingerprint density at radius 1 is 1.17 bits per heavy atom. The molecular weight excluding hydrogens is 290 g/mol. The molecule has 1 saturated heterocycles. The number of anilines is 2. The molecule has 3 rings (SSSR count). The smallest absolute Gasteiger partial charge is 0.248 e. The van der Waals surface area contributed by atoms with Gasteiger partial charge in [-0.15, -0.1) is 0 Å². The molecule has 0 aromatic heterocycles. The molecule has 2 amide bonds. The summed E-state index contributed by atoms with van der Waals surface area (Å²) in [5.41, 5.74) is 7.48. The van der Waals surface area contributed by atoms with Crippen LogP contribution in [-0.2, 0) is 4.79 Å². The highest BCUT2D eigenvalue weighted by atomic mass is 16.2. The zero-order valence-electron chi connectivity index (χ0n) is 13.3. The topological polar surface area (TPSA) is 75.4 Å². The zero-order valence-corrected chi connectivity index (χ0v) is 13.3. The Morgan fingerprint density at radius 3 is 2.61 bits per heavy atom. The molecule has 5 heteroatoms. The number of nitrogens with zero attached hydrogens (tertiary/aromatic N) is 1. The number of carbonyl (C=O) groups is 2. The van der Waals surface area contributed by atoms with Gasteiger partial charge in [-0.25, -0.2) is 0 Å². The molecular formula is C18H23N3O2. The van der Waals surface area contributed by atoms with Crippen LogP contribution in [0.2, 0.25) is 0 Å². The fraction of sp³-hybridized carbons (Fsp3) is 0.444. The third-order valence-electron chi connectivity index (χ3n) is 4.63. The fourth-order valence-corrected chi connectivity index (χ4v) is 3.29. The van der Waals surface area contributed by atoms with Crippen LogP contribution in [0.3, 0.4) is 0 Å². The van der Waals surface area contributed by atoms with Gasteiger partial charge in [0.2, 0.25) is 11.8 Å². The van der Waals surface area contributed by atoms with E-state index in [4.69, 9.17) is 5.73 Å². The molecule has 122 valence electrons. The summed E-state index contributed by atoms with van der Waals surface area (Å²) >= 11 is 0. The van der Waals surface area contributed by atoms with Gasteiger partial charge in [-0.2, -0.15) is 0 Å². The van der Waals surface area contributed by atoms with Crippen molar-refractivity contribution in [1.29, 1.82) is 0 Å². The number of hydrogen-bond donors (Lipinski definition) is 2. The number of amides is 2. The van der Waals surface area contributed by atoms with Crippen LogP contribution in [-0.4, -0.2) is 24.9 Å². The van der Waals surface area contributed by atoms with Crippen molar-refractivity contribution in [2.75, 3.05) is 23.3 Å². The highest BCUT2D eigenvalue weighted by Gasteiger charge is 2.22. The van der Waals surface area contributed by atoms with E-state index < -0.39 is 5.91 Å². The number of nitrogens with two attached hydrogens (primary N) is 1. The van der Waals surface area contributed by atoms with Gasteiger partial charge in [0.1, 0.15) is 0 Å². The largest absolute Gasteiger partial charge is 0.370 e. The minimum Gasteiger partial charge on any atom is -0.370 e. The molecule has 1 fully saturated rings. The minimum absolute atomic E-state index is 0.00339. The highest BCUT2D eigenvalue weighted by Crippen LogP contribution is 2.31. The molecule has 1 aromatic carbocycles. The molecule has 0 unspecified atom stereocenters. The summed E-state index contributed by atoms with van der Waals surface area (Å²) < 4.78 is 0. The molecule has 0 saturated carbocycles. The van der Waals surface area contributed by atoms with E-state index in [0.29, 0.717) is 11.3 Å². The van der Waals surface area contributed by atoms with Gasteiger partial charge in [0.15, 0.2) is 0 Å². The van der Waals surface area contributed by atoms with Crippen molar-refractivity contribution in [3.05, 3.63) is 35.9 Å². The molecule has 1 atom stereocenters. The Balaban J connectivity index is 1.84. The summed E-state index contributed by atoms with van der Waals surface area (Å²) in [4.78, 5) is 26.2. The lowest BCUT2D eigenvalue weighted by molar-refractivity contribution is -0.120. The lowest BCUT2D eigenvalue weighted by atomic mass is 9.93. The van der Waals surface area contributed by atoms with Gasteiger partial charge in [0.05, 0.1) is 11.4 Å². The van der Waals surface area contributed by atoms with Crippen LogP contribution in [0.4, 0.5) is 11.4 Å². The molecule has 2 aliphatic rings. The molecule has 5 nitrogen and oxygen atoms in total. The van der Waals surface area contributed by atoms with Crippen LogP contribution in [0.25, 0.3) is 0 Å². The second kappa shape index (κ2) is 6.86. The predicted molar refractivity (Wildman–Crippen MR) is 91.5 cm³/mol. The van der Waals surface area contributed by atoms with Crippen LogP contribution in [0, 0.1) is 5.92 Å². The zero-order chi connectivity index (χ0) is 16.2. The van der Waals surface area contributed by atoms with Gasteiger partial charge in [-0.1, -0.05) is 12.2 Å². The normalized spacial score (nSPS) is 20.5. The van der Waals surface area contributed by atoms with Crippen molar-refractivity contribution >= 4 is 23.2 Å². The maximum absolute atomic E-state index is 12.5. The monoisotopic (exact) mass is 313 g/mol. The lowest BCUT2D eigenvalue weighted by Gasteiger charge is -2.24. The highest BCUT2D eigenvalue weighted by molar-refractivity contribution is 6.00. The van der Waals surface area contributed by atoms with E-state index >= 15 is 0 Å². The molecule has 0 radical (unpaired) electrons. The van der Waals surface area contributed by atoms with Gasteiger partial charge >= 0.3 is 0 Å². The number of rotatable bonds is 4. The van der Waals surface area contributed by atoms with Crippen LogP contribution >= 0.6 is 0 Å². The quantitative estimate of drug-likeness (QED) is 0.839. The van der Waals surface area contributed by atoms with Crippen molar-refractivity contribution in [2.45, 2.75) is 32.1 Å². The van der Waals surface area contributed by atoms with Crippen molar-refractivity contribution in [2.24, 2.45) is 11.7 Å². The lowest BCUT2D eigenvalue weighted by Crippen LogP contribution is -2.26. The molecule has 1 aromatic rings. The fourth-order valence-electron chi connectivity index (χ4n) is 3.29. The van der Waals surface area contributed by atoms with Crippen molar-refractivity contribution < 1.29 is 9.59 Å². The first-order valence-electron chi connectivity index (χ1n) is 8.30. The molecule has 0 spiro atoms. The van der Waals surface area contributed by atoms with Gasteiger partial charge in [-0.05, 0) is 50.3 Å². The maximum atomic E-state index is 12.5. The van der Waals surface area contributed by atoms with Crippen LogP contribution in [0.1, 0.15) is 42.5 Å². The van der Waals surface area contributed by atoms with Crippen LogP contribution in [0.15, 0.2) is 30.4 Å². The van der Waals surface area contributed by atoms with Gasteiger partial charge < -0.3 is 16.0 Å². The second-order valence-corrected chi connectivity index (χ2v) is 6.26. The van der Waals surface area contributed by atoms with Crippen LogP contribution < -0.4 is 16.0 Å². The maximum Gasteiger partial charge on any atom is 0.248 e. The summed E-state index contributed by atoms with van der Waals surface area (Å²) in [6.45, 7) is 1.95. The number of hydrogen-bond acceptors (Lipinski definition) is 3. The molecule has 1 aliphatic heterocycles. The first-order valence-corrected chi connectivity index (χ1v) is 8.30. The van der Waals surface area contributed by atoms with Gasteiger partial charge in [-0.3, -0.25) is 9.59 Å². The first-order chi connectivity index (χ1) is 11.1. The van der Waals surface area contributed by atoms with E-state index in [-0.39, 0.29) is 11.8 Å². The number of nitrogens with one attached hydrogen (secondary N) is 1. The van der Waals surface area contributed by atoms with E-state index in [9.17, 15) is 9.59 Å². The summed E-state index contributed by atoms with van der Waals surface area (Å²) in [5, 5.41) is 3.03. The minimum atomic E-state index is -0.478. The summed E-state index contributed by atoms with van der Waals surface area (Å²) in [6.07, 6.45) is 9.08. The Hall–Kier alpha value is -2.30. The standard InChI is InChI=1S/C18H23N3O2/c19-17(22)14-8-9-16(21-10-4-5-11-21)15(12-14)20-18(23)13-6-2-1-3-7-13/h1-2,8-9,12-13H,3-7,10-11H2,(H2,19,22)(H,20,23)/t13-/m0/s1. The molecule has 1 aliphatic carbocycles. The molecule has 23 heavy (non-hydrogen) atoms. The van der Waals surface area contributed by atoms with E-state index in [0.717, 1.165) is 50.9 Å².